The van der Waals surface area contributed by atoms with Crippen molar-refractivity contribution in [3.63, 3.8) is 0 Å². The number of hydrogen-bond acceptors (Lipinski definition) is 3. The molecule has 3 nitrogen and oxygen atoms in total. The van der Waals surface area contributed by atoms with Crippen LogP contribution in [0, 0.1) is 0 Å². The normalized spacial score (nSPS) is 10.5. The van der Waals surface area contributed by atoms with Crippen molar-refractivity contribution in [2.75, 3.05) is 26.1 Å². The van der Waals surface area contributed by atoms with E-state index in [2.05, 4.69) is 17.4 Å². The van der Waals surface area contributed by atoms with Crippen molar-refractivity contribution in [2.24, 2.45) is 0 Å². The molecule has 1 aromatic carbocycles. The van der Waals surface area contributed by atoms with Crippen LogP contribution >= 0.6 is 0 Å². The molecular weight excluding hydrogens is 194 g/mol. The van der Waals surface area contributed by atoms with Gasteiger partial charge in [0.2, 0.25) is 0 Å². The molecule has 0 unspecified atom stereocenters. The number of para-hydroxylation sites is 1. The molecule has 0 aliphatic heterocycles. The van der Waals surface area contributed by atoms with E-state index in [0.29, 0.717) is 0 Å². The van der Waals surface area contributed by atoms with Gasteiger partial charge in [0.15, 0.2) is 0 Å². The Morgan fingerprint density at radius 2 is 1.79 bits per heavy atom. The smallest absolute Gasteiger partial charge is 0.322 e. The Morgan fingerprint density at radius 3 is 2.36 bits per heavy atom. The van der Waals surface area contributed by atoms with Crippen LogP contribution in [0.1, 0.15) is 0 Å². The summed E-state index contributed by atoms with van der Waals surface area (Å²) in [4.78, 5) is 0. The lowest BCUT2D eigenvalue weighted by Gasteiger charge is -2.11. The molecule has 14 heavy (non-hydrogen) atoms. The van der Waals surface area contributed by atoms with Crippen LogP contribution in [-0.4, -0.2) is 30.0 Å². The van der Waals surface area contributed by atoms with E-state index < -0.39 is 9.28 Å². The summed E-state index contributed by atoms with van der Waals surface area (Å²) in [5, 5.41) is 3.32. The summed E-state index contributed by atoms with van der Waals surface area (Å²) in [6, 6.07) is 11.1. The average molecular weight is 211 g/mol. The minimum Gasteiger partial charge on any atom is -0.400 e. The summed E-state index contributed by atoms with van der Waals surface area (Å²) >= 11 is 0. The highest BCUT2D eigenvalue weighted by atomic mass is 28.3. The predicted octanol–water partition coefficient (Wildman–Crippen LogP) is 1.61. The molecule has 0 atom stereocenters. The van der Waals surface area contributed by atoms with Crippen LogP contribution in [0.2, 0.25) is 6.04 Å². The van der Waals surface area contributed by atoms with Crippen LogP contribution in [0.4, 0.5) is 5.69 Å². The molecule has 1 N–H and O–H groups in total. The zero-order valence-electron chi connectivity index (χ0n) is 8.69. The summed E-state index contributed by atoms with van der Waals surface area (Å²) in [6.45, 7) is 0.905. The third kappa shape index (κ3) is 3.91. The second-order valence-corrected chi connectivity index (χ2v) is 5.36. The van der Waals surface area contributed by atoms with E-state index in [-0.39, 0.29) is 0 Å². The molecule has 0 aliphatic rings. The zero-order chi connectivity index (χ0) is 10.2. The average Bonchev–Trinajstić information content (AvgIpc) is 2.26. The van der Waals surface area contributed by atoms with Gasteiger partial charge in [0.25, 0.3) is 0 Å². The van der Waals surface area contributed by atoms with E-state index in [9.17, 15) is 0 Å². The fourth-order valence-electron chi connectivity index (χ4n) is 1.22. The Balaban J connectivity index is 2.21. The Hall–Kier alpha value is -0.843. The van der Waals surface area contributed by atoms with Gasteiger partial charge in [-0.2, -0.15) is 0 Å². The minimum atomic E-state index is -1.40. The summed E-state index contributed by atoms with van der Waals surface area (Å²) < 4.78 is 10.4. The van der Waals surface area contributed by atoms with Crippen molar-refractivity contribution < 1.29 is 8.85 Å². The zero-order valence-corrected chi connectivity index (χ0v) is 9.85. The molecule has 0 fully saturated rings. The molecule has 78 valence electrons. The van der Waals surface area contributed by atoms with Crippen molar-refractivity contribution in [3.05, 3.63) is 30.3 Å². The van der Waals surface area contributed by atoms with E-state index in [0.717, 1.165) is 18.3 Å². The molecule has 1 rings (SSSR count). The van der Waals surface area contributed by atoms with E-state index in [1.807, 2.05) is 18.2 Å². The number of nitrogens with one attached hydrogen (secondary N) is 1. The molecule has 0 aliphatic carbocycles. The van der Waals surface area contributed by atoms with Gasteiger partial charge in [-0.15, -0.1) is 0 Å². The topological polar surface area (TPSA) is 30.5 Å². The molecule has 4 heteroatoms. The van der Waals surface area contributed by atoms with Crippen LogP contribution in [0.15, 0.2) is 30.3 Å². The van der Waals surface area contributed by atoms with Gasteiger partial charge in [0, 0.05) is 32.5 Å². The van der Waals surface area contributed by atoms with E-state index >= 15 is 0 Å². The van der Waals surface area contributed by atoms with Gasteiger partial charge in [-0.1, -0.05) is 18.2 Å². The Morgan fingerprint density at radius 1 is 1.14 bits per heavy atom. The molecule has 0 bridgehead atoms. The lowest BCUT2D eigenvalue weighted by molar-refractivity contribution is 0.278. The number of hydrogen-bond donors (Lipinski definition) is 1. The van der Waals surface area contributed by atoms with Gasteiger partial charge >= 0.3 is 9.28 Å². The van der Waals surface area contributed by atoms with Gasteiger partial charge in [-0.3, -0.25) is 0 Å². The highest BCUT2D eigenvalue weighted by molar-refractivity contribution is 6.44. The number of benzene rings is 1. The first-order chi connectivity index (χ1) is 6.86. The predicted molar refractivity (Wildman–Crippen MR) is 60.9 cm³/mol. The molecule has 0 amide bonds. The van der Waals surface area contributed by atoms with Gasteiger partial charge in [0.1, 0.15) is 0 Å². The van der Waals surface area contributed by atoms with Crippen molar-refractivity contribution in [2.45, 2.75) is 6.04 Å². The fourth-order valence-corrected chi connectivity index (χ4v) is 2.27. The molecule has 0 heterocycles. The number of anilines is 1. The van der Waals surface area contributed by atoms with Crippen LogP contribution in [0.5, 0.6) is 0 Å². The van der Waals surface area contributed by atoms with Gasteiger partial charge in [0.05, 0.1) is 0 Å². The Kier molecular flexibility index (Phi) is 5.29. The number of rotatable bonds is 6. The maximum absolute atomic E-state index is 5.21. The Labute approximate surface area is 86.9 Å². The maximum atomic E-state index is 5.21. The summed E-state index contributed by atoms with van der Waals surface area (Å²) in [6.07, 6.45) is 0. The van der Waals surface area contributed by atoms with Crippen molar-refractivity contribution in [1.29, 1.82) is 0 Å². The monoisotopic (exact) mass is 211 g/mol. The Bertz CT molecular complexity index is 239. The van der Waals surface area contributed by atoms with Crippen LogP contribution < -0.4 is 5.32 Å². The van der Waals surface area contributed by atoms with Crippen LogP contribution in [-0.2, 0) is 8.85 Å². The first-order valence-corrected chi connectivity index (χ1v) is 6.47. The first kappa shape index (κ1) is 11.2. The quantitative estimate of drug-likeness (QED) is 0.725. The van der Waals surface area contributed by atoms with Crippen molar-refractivity contribution >= 4 is 15.0 Å². The molecule has 0 spiro atoms. The summed E-state index contributed by atoms with van der Waals surface area (Å²) in [5.74, 6) is 0. The summed E-state index contributed by atoms with van der Waals surface area (Å²) in [5.41, 5.74) is 1.15. The summed E-state index contributed by atoms with van der Waals surface area (Å²) in [7, 11) is 2.03. The van der Waals surface area contributed by atoms with Gasteiger partial charge in [-0.05, 0) is 12.1 Å². The molecule has 1 aromatic rings. The lowest BCUT2D eigenvalue weighted by Crippen LogP contribution is -2.22. The molecule has 0 radical (unpaired) electrons. The standard InChI is InChI=1S/C10H17NO2Si/c1-12-14(13-2)9-8-11-10-6-4-3-5-7-10/h3-7,11,14H,8-9H2,1-2H3. The van der Waals surface area contributed by atoms with Gasteiger partial charge in [-0.25, -0.2) is 0 Å². The molecule has 0 saturated heterocycles. The highest BCUT2D eigenvalue weighted by Gasteiger charge is 2.07. The molecule has 0 aromatic heterocycles. The second-order valence-electron chi connectivity index (χ2n) is 2.98. The second kappa shape index (κ2) is 6.59. The van der Waals surface area contributed by atoms with Crippen LogP contribution in [0.25, 0.3) is 0 Å². The van der Waals surface area contributed by atoms with Crippen molar-refractivity contribution in [3.8, 4) is 0 Å². The maximum Gasteiger partial charge on any atom is 0.322 e. The minimum absolute atomic E-state index is 0.905. The highest BCUT2D eigenvalue weighted by Crippen LogP contribution is 2.05. The fraction of sp³-hybridized carbons (Fsp3) is 0.400. The lowest BCUT2D eigenvalue weighted by atomic mass is 10.3. The third-order valence-corrected chi connectivity index (χ3v) is 3.82. The van der Waals surface area contributed by atoms with E-state index in [1.54, 1.807) is 14.2 Å². The van der Waals surface area contributed by atoms with Gasteiger partial charge < -0.3 is 14.2 Å². The molecule has 0 saturated carbocycles. The van der Waals surface area contributed by atoms with Crippen LogP contribution in [0.3, 0.4) is 0 Å². The van der Waals surface area contributed by atoms with E-state index in [1.165, 1.54) is 0 Å². The largest absolute Gasteiger partial charge is 0.400 e. The SMILES string of the molecule is CO[SiH](CCNc1ccccc1)OC. The first-order valence-electron chi connectivity index (χ1n) is 4.71. The molecular formula is C10H17NO2Si. The van der Waals surface area contributed by atoms with Crippen molar-refractivity contribution in [1.82, 2.24) is 0 Å². The third-order valence-electron chi connectivity index (χ3n) is 2.01. The van der Waals surface area contributed by atoms with E-state index in [4.69, 9.17) is 8.85 Å².